The van der Waals surface area contributed by atoms with Crippen LogP contribution in [0, 0.1) is 13.8 Å². The molecule has 1 aromatic carbocycles. The van der Waals surface area contributed by atoms with Gasteiger partial charge in [-0.2, -0.15) is 5.10 Å². The highest BCUT2D eigenvalue weighted by molar-refractivity contribution is 5.97. The molecule has 28 heavy (non-hydrogen) atoms. The van der Waals surface area contributed by atoms with E-state index in [-0.39, 0.29) is 17.3 Å². The lowest BCUT2D eigenvalue weighted by Crippen LogP contribution is -2.50. The van der Waals surface area contributed by atoms with Crippen LogP contribution in [0.15, 0.2) is 24.3 Å². The predicted molar refractivity (Wildman–Crippen MR) is 109 cm³/mol. The van der Waals surface area contributed by atoms with Gasteiger partial charge >= 0.3 is 0 Å². The van der Waals surface area contributed by atoms with Crippen LogP contribution in [-0.4, -0.2) is 49.6 Å². The first-order valence-corrected chi connectivity index (χ1v) is 9.46. The molecule has 2 aromatic heterocycles. The molecule has 1 aliphatic rings. The molecule has 0 unspecified atom stereocenters. The summed E-state index contributed by atoms with van der Waals surface area (Å²) in [6.07, 6.45) is 1.53. The number of fused-ring (bicyclic) bond motifs is 1. The fourth-order valence-corrected chi connectivity index (χ4v) is 3.40. The Morgan fingerprint density at radius 2 is 1.96 bits per heavy atom. The molecule has 3 aromatic rings. The molecule has 0 radical (unpaired) electrons. The number of hydrogen-bond acceptors (Lipinski definition) is 6. The van der Waals surface area contributed by atoms with Gasteiger partial charge in [-0.15, -0.1) is 0 Å². The number of carbonyl (C=O) groups is 1. The Labute approximate surface area is 163 Å². The Kier molecular flexibility index (Phi) is 4.50. The van der Waals surface area contributed by atoms with Gasteiger partial charge in [0.05, 0.1) is 5.52 Å². The van der Waals surface area contributed by atoms with Crippen molar-refractivity contribution in [3.05, 3.63) is 41.3 Å². The number of likely N-dealkylation sites (tertiary alicyclic amines) is 1. The number of carbonyl (C=O) groups excluding carboxylic acids is 1. The number of aromatic nitrogens is 4. The van der Waals surface area contributed by atoms with Crippen LogP contribution in [0.5, 0.6) is 0 Å². The lowest BCUT2D eigenvalue weighted by Gasteiger charge is -2.36. The van der Waals surface area contributed by atoms with Gasteiger partial charge in [-0.25, -0.2) is 9.97 Å². The smallest absolute Gasteiger partial charge is 0.291 e. The van der Waals surface area contributed by atoms with Crippen LogP contribution < -0.4 is 11.1 Å². The fourth-order valence-electron chi connectivity index (χ4n) is 3.40. The van der Waals surface area contributed by atoms with E-state index in [0.29, 0.717) is 24.7 Å². The summed E-state index contributed by atoms with van der Waals surface area (Å²) in [5.74, 6) is 1.24. The Bertz CT molecular complexity index is 1030. The summed E-state index contributed by atoms with van der Waals surface area (Å²) in [5, 5.41) is 11.2. The van der Waals surface area contributed by atoms with Crippen molar-refractivity contribution in [1.82, 2.24) is 25.1 Å². The fraction of sp³-hybridized carbons (Fsp3) is 0.400. The molecule has 0 saturated carbocycles. The van der Waals surface area contributed by atoms with E-state index in [2.05, 4.69) is 25.5 Å². The summed E-state index contributed by atoms with van der Waals surface area (Å²) >= 11 is 0. The summed E-state index contributed by atoms with van der Waals surface area (Å²) in [4.78, 5) is 23.9. The van der Waals surface area contributed by atoms with E-state index in [9.17, 15) is 4.79 Å². The molecule has 4 rings (SSSR count). The highest BCUT2D eigenvalue weighted by Gasteiger charge is 2.30. The van der Waals surface area contributed by atoms with Crippen molar-refractivity contribution in [3.8, 4) is 0 Å². The maximum absolute atomic E-state index is 13.0. The van der Waals surface area contributed by atoms with Gasteiger partial charge in [-0.05, 0) is 45.7 Å². The van der Waals surface area contributed by atoms with Gasteiger partial charge in [0.1, 0.15) is 5.82 Å². The van der Waals surface area contributed by atoms with Crippen LogP contribution in [0.1, 0.15) is 41.6 Å². The average Bonchev–Trinajstić information content (AvgIpc) is 3.06. The SMILES string of the molecule is Cc1ccc2nc(C(=O)N3CCC(C)(N)CC3)nc(Nc3cc(C)[nH]n3)c2c1. The van der Waals surface area contributed by atoms with Gasteiger partial charge < -0.3 is 16.0 Å². The first-order valence-electron chi connectivity index (χ1n) is 9.46. The first-order chi connectivity index (χ1) is 13.3. The highest BCUT2D eigenvalue weighted by atomic mass is 16.2. The quantitative estimate of drug-likeness (QED) is 0.645. The summed E-state index contributed by atoms with van der Waals surface area (Å²) in [7, 11) is 0. The van der Waals surface area contributed by atoms with E-state index < -0.39 is 0 Å². The monoisotopic (exact) mass is 379 g/mol. The lowest BCUT2D eigenvalue weighted by atomic mass is 9.91. The second kappa shape index (κ2) is 6.87. The minimum absolute atomic E-state index is 0.167. The third-order valence-corrected chi connectivity index (χ3v) is 5.19. The highest BCUT2D eigenvalue weighted by Crippen LogP contribution is 2.26. The molecular weight excluding hydrogens is 354 g/mol. The normalized spacial score (nSPS) is 16.4. The average molecular weight is 379 g/mol. The number of nitrogens with two attached hydrogens (primary N) is 1. The number of H-pyrrole nitrogens is 1. The zero-order valence-electron chi connectivity index (χ0n) is 16.4. The maximum atomic E-state index is 13.0. The molecule has 146 valence electrons. The standard InChI is InChI=1S/C20H25N7O/c1-12-4-5-15-14(10-12)17(23-16-11-13(2)25-26-16)24-18(22-15)19(28)27-8-6-20(3,21)7-9-27/h4-5,10-11H,6-9,21H2,1-3H3,(H2,22,23,24,25,26). The van der Waals surface area contributed by atoms with E-state index in [4.69, 9.17) is 5.73 Å². The summed E-state index contributed by atoms with van der Waals surface area (Å²) in [5.41, 5.74) is 8.72. The van der Waals surface area contributed by atoms with Crippen molar-refractivity contribution in [3.63, 3.8) is 0 Å². The molecule has 8 nitrogen and oxygen atoms in total. The minimum atomic E-state index is -0.219. The Morgan fingerprint density at radius 3 is 2.64 bits per heavy atom. The van der Waals surface area contributed by atoms with Crippen molar-refractivity contribution >= 4 is 28.4 Å². The van der Waals surface area contributed by atoms with E-state index >= 15 is 0 Å². The van der Waals surface area contributed by atoms with Crippen LogP contribution in [0.4, 0.5) is 11.6 Å². The van der Waals surface area contributed by atoms with Gasteiger partial charge in [0.15, 0.2) is 5.82 Å². The number of aryl methyl sites for hydroxylation is 2. The molecule has 1 aliphatic heterocycles. The second-order valence-corrected chi connectivity index (χ2v) is 7.92. The van der Waals surface area contributed by atoms with E-state index in [0.717, 1.165) is 35.0 Å². The first kappa shape index (κ1) is 18.4. The number of hydrogen-bond donors (Lipinski definition) is 3. The number of nitrogens with one attached hydrogen (secondary N) is 2. The Balaban J connectivity index is 1.71. The van der Waals surface area contributed by atoms with E-state index in [1.54, 1.807) is 4.90 Å². The number of aromatic amines is 1. The lowest BCUT2D eigenvalue weighted by molar-refractivity contribution is 0.0669. The number of anilines is 2. The zero-order chi connectivity index (χ0) is 19.9. The Morgan fingerprint density at radius 1 is 1.21 bits per heavy atom. The topological polar surface area (TPSA) is 113 Å². The third-order valence-electron chi connectivity index (χ3n) is 5.19. The van der Waals surface area contributed by atoms with Gasteiger partial charge in [0.2, 0.25) is 5.82 Å². The molecule has 1 amide bonds. The number of benzene rings is 1. The summed E-state index contributed by atoms with van der Waals surface area (Å²) in [6.45, 7) is 7.19. The molecule has 3 heterocycles. The van der Waals surface area contributed by atoms with Crippen LogP contribution >= 0.6 is 0 Å². The van der Waals surface area contributed by atoms with Gasteiger partial charge in [-0.1, -0.05) is 11.6 Å². The third kappa shape index (κ3) is 3.68. The van der Waals surface area contributed by atoms with E-state index in [1.165, 1.54) is 0 Å². The molecule has 0 atom stereocenters. The molecular formula is C20H25N7O. The van der Waals surface area contributed by atoms with Crippen LogP contribution in [0.25, 0.3) is 10.9 Å². The van der Waals surface area contributed by atoms with Gasteiger partial charge in [-0.3, -0.25) is 9.89 Å². The largest absolute Gasteiger partial charge is 0.336 e. The number of rotatable bonds is 3. The molecule has 1 fully saturated rings. The van der Waals surface area contributed by atoms with Crippen LogP contribution in [0.2, 0.25) is 0 Å². The summed E-state index contributed by atoms with van der Waals surface area (Å²) < 4.78 is 0. The number of piperidine rings is 1. The van der Waals surface area contributed by atoms with Gasteiger partial charge in [0.25, 0.3) is 5.91 Å². The van der Waals surface area contributed by atoms with Crippen molar-refractivity contribution in [2.75, 3.05) is 18.4 Å². The maximum Gasteiger partial charge on any atom is 0.291 e. The molecule has 8 heteroatoms. The second-order valence-electron chi connectivity index (χ2n) is 7.92. The zero-order valence-corrected chi connectivity index (χ0v) is 16.4. The predicted octanol–water partition coefficient (Wildman–Crippen LogP) is 2.67. The number of nitrogens with zero attached hydrogens (tertiary/aromatic N) is 4. The molecule has 0 bridgehead atoms. The minimum Gasteiger partial charge on any atom is -0.336 e. The van der Waals surface area contributed by atoms with Crippen LogP contribution in [0.3, 0.4) is 0 Å². The summed E-state index contributed by atoms with van der Waals surface area (Å²) in [6, 6.07) is 7.79. The van der Waals surface area contributed by atoms with Crippen molar-refractivity contribution in [2.45, 2.75) is 39.2 Å². The molecule has 1 saturated heterocycles. The van der Waals surface area contributed by atoms with Crippen LogP contribution in [-0.2, 0) is 0 Å². The molecule has 0 aliphatic carbocycles. The molecule has 0 spiro atoms. The van der Waals surface area contributed by atoms with Crippen molar-refractivity contribution in [2.24, 2.45) is 5.73 Å². The van der Waals surface area contributed by atoms with Crippen molar-refractivity contribution < 1.29 is 4.79 Å². The van der Waals surface area contributed by atoms with Crippen molar-refractivity contribution in [1.29, 1.82) is 0 Å². The Hall–Kier alpha value is -3.00. The van der Waals surface area contributed by atoms with Gasteiger partial charge in [0, 0.05) is 35.8 Å². The van der Waals surface area contributed by atoms with E-state index in [1.807, 2.05) is 45.0 Å². The number of amides is 1. The molecule has 4 N–H and O–H groups in total.